The van der Waals surface area contributed by atoms with Crippen molar-refractivity contribution < 1.29 is 28.3 Å². The van der Waals surface area contributed by atoms with Crippen LogP contribution in [0.2, 0.25) is 0 Å². The van der Waals surface area contributed by atoms with Crippen LogP contribution in [0.4, 0.5) is 5.69 Å². The Bertz CT molecular complexity index is 1260. The number of esters is 1. The van der Waals surface area contributed by atoms with Crippen LogP contribution in [0.1, 0.15) is 16.1 Å². The second kappa shape index (κ2) is 9.06. The molecule has 0 aliphatic heterocycles. The maximum Gasteiger partial charge on any atom is 0.339 e. The van der Waals surface area contributed by atoms with Gasteiger partial charge in [0.25, 0.3) is 11.6 Å². The van der Waals surface area contributed by atoms with Gasteiger partial charge in [0.15, 0.2) is 6.61 Å². The van der Waals surface area contributed by atoms with E-state index < -0.39 is 18.5 Å². The second-order valence-electron chi connectivity index (χ2n) is 6.71. The van der Waals surface area contributed by atoms with Crippen LogP contribution in [0.15, 0.2) is 46.3 Å². The highest BCUT2D eigenvalue weighted by molar-refractivity contribution is 7.13. The number of hydrogen-bond donors (Lipinski definition) is 1. The topological polar surface area (TPSA) is 113 Å². The molecule has 0 atom stereocenters. The number of benzene rings is 1. The van der Waals surface area contributed by atoms with E-state index in [2.05, 4.69) is 15.5 Å². The Morgan fingerprint density at radius 1 is 1.12 bits per heavy atom. The number of thiophene rings is 1. The number of hydrogen-bond acceptors (Lipinski definition) is 9. The monoisotopic (exact) mass is 453 g/mol. The Balaban J connectivity index is 1.52. The number of aromatic nitrogens is 2. The molecule has 1 N–H and O–H groups in total. The first kappa shape index (κ1) is 21.3. The standard InChI is InChI=1S/C22H19N3O6S/c1-12-20-16(10-17(18-5-4-6-32-18)24-21(20)31-25-12)22(27)30-11-19(26)23-13-7-14(28-2)9-15(8-13)29-3/h4-10H,11H2,1-3H3,(H,23,26). The van der Waals surface area contributed by atoms with Gasteiger partial charge in [0.05, 0.1) is 41.4 Å². The Morgan fingerprint density at radius 3 is 2.53 bits per heavy atom. The van der Waals surface area contributed by atoms with E-state index in [-0.39, 0.29) is 11.3 Å². The summed E-state index contributed by atoms with van der Waals surface area (Å²) in [6, 6.07) is 10.3. The molecule has 164 valence electrons. The van der Waals surface area contributed by atoms with Crippen LogP contribution in [0.3, 0.4) is 0 Å². The lowest BCUT2D eigenvalue weighted by molar-refractivity contribution is -0.119. The molecule has 9 nitrogen and oxygen atoms in total. The highest BCUT2D eigenvalue weighted by atomic mass is 32.1. The lowest BCUT2D eigenvalue weighted by atomic mass is 10.1. The van der Waals surface area contributed by atoms with Crippen molar-refractivity contribution in [1.29, 1.82) is 0 Å². The van der Waals surface area contributed by atoms with Crippen molar-refractivity contribution in [1.82, 2.24) is 10.1 Å². The van der Waals surface area contributed by atoms with E-state index in [4.69, 9.17) is 18.7 Å². The van der Waals surface area contributed by atoms with Crippen molar-refractivity contribution in [3.63, 3.8) is 0 Å². The highest BCUT2D eigenvalue weighted by Crippen LogP contribution is 2.30. The summed E-state index contributed by atoms with van der Waals surface area (Å²) in [6.07, 6.45) is 0. The van der Waals surface area contributed by atoms with Crippen molar-refractivity contribution in [2.75, 3.05) is 26.1 Å². The van der Waals surface area contributed by atoms with Gasteiger partial charge in [-0.25, -0.2) is 9.78 Å². The number of rotatable bonds is 7. The van der Waals surface area contributed by atoms with Gasteiger partial charge in [-0.2, -0.15) is 0 Å². The molecule has 0 fully saturated rings. The van der Waals surface area contributed by atoms with E-state index in [1.165, 1.54) is 25.6 Å². The molecule has 1 aromatic carbocycles. The third-order valence-corrected chi connectivity index (χ3v) is 5.47. The molecule has 0 saturated carbocycles. The van der Waals surface area contributed by atoms with E-state index in [9.17, 15) is 9.59 Å². The predicted octanol–water partition coefficient (Wildman–Crippen LogP) is 4.07. The van der Waals surface area contributed by atoms with Gasteiger partial charge < -0.3 is 24.1 Å². The summed E-state index contributed by atoms with van der Waals surface area (Å²) < 4.78 is 20.9. The zero-order valence-electron chi connectivity index (χ0n) is 17.5. The van der Waals surface area contributed by atoms with E-state index in [1.54, 1.807) is 31.2 Å². The number of amides is 1. The normalized spacial score (nSPS) is 10.7. The van der Waals surface area contributed by atoms with Crippen LogP contribution in [0.25, 0.3) is 21.7 Å². The summed E-state index contributed by atoms with van der Waals surface area (Å²) in [4.78, 5) is 30.5. The molecule has 4 rings (SSSR count). The Morgan fingerprint density at radius 2 is 1.88 bits per heavy atom. The molecule has 10 heteroatoms. The number of ether oxygens (including phenoxy) is 3. The van der Waals surface area contributed by atoms with Gasteiger partial charge in [-0.3, -0.25) is 4.79 Å². The summed E-state index contributed by atoms with van der Waals surface area (Å²) in [5, 5.41) is 8.92. The van der Waals surface area contributed by atoms with Crippen molar-refractivity contribution in [2.24, 2.45) is 0 Å². The average molecular weight is 453 g/mol. The van der Waals surface area contributed by atoms with E-state index in [0.717, 1.165) is 4.88 Å². The molecule has 0 spiro atoms. The fourth-order valence-electron chi connectivity index (χ4n) is 3.09. The van der Waals surface area contributed by atoms with Gasteiger partial charge in [-0.1, -0.05) is 11.2 Å². The molecule has 0 saturated heterocycles. The van der Waals surface area contributed by atoms with Gasteiger partial charge in [-0.15, -0.1) is 11.3 Å². The third kappa shape index (κ3) is 4.40. The predicted molar refractivity (Wildman–Crippen MR) is 118 cm³/mol. The molecule has 3 aromatic heterocycles. The van der Waals surface area contributed by atoms with Crippen molar-refractivity contribution in [3.05, 3.63) is 53.0 Å². The Hall–Kier alpha value is -3.92. The number of anilines is 1. The fraction of sp³-hybridized carbons (Fsp3) is 0.182. The first-order valence-electron chi connectivity index (χ1n) is 9.49. The number of nitrogens with one attached hydrogen (secondary N) is 1. The molecule has 1 amide bonds. The van der Waals surface area contributed by atoms with E-state index in [0.29, 0.717) is 34.0 Å². The minimum Gasteiger partial charge on any atom is -0.497 e. The zero-order valence-corrected chi connectivity index (χ0v) is 18.3. The first-order valence-corrected chi connectivity index (χ1v) is 10.4. The van der Waals surface area contributed by atoms with Crippen LogP contribution in [0.5, 0.6) is 11.5 Å². The van der Waals surface area contributed by atoms with Gasteiger partial charge in [0.1, 0.15) is 11.5 Å². The first-order chi connectivity index (χ1) is 15.5. The Labute approximate surface area is 186 Å². The molecular weight excluding hydrogens is 434 g/mol. The molecule has 32 heavy (non-hydrogen) atoms. The molecule has 4 aromatic rings. The second-order valence-corrected chi connectivity index (χ2v) is 7.65. The van der Waals surface area contributed by atoms with E-state index in [1.807, 2.05) is 17.5 Å². The third-order valence-electron chi connectivity index (χ3n) is 4.58. The molecule has 0 unspecified atom stereocenters. The van der Waals surface area contributed by atoms with Gasteiger partial charge >= 0.3 is 5.97 Å². The SMILES string of the molecule is COc1cc(NC(=O)COC(=O)c2cc(-c3cccs3)nc3onc(C)c23)cc(OC)c1. The van der Waals surface area contributed by atoms with Gasteiger partial charge in [-0.05, 0) is 24.4 Å². The smallest absolute Gasteiger partial charge is 0.339 e. The number of fused-ring (bicyclic) bond motifs is 1. The number of nitrogens with zero attached hydrogens (tertiary/aromatic N) is 2. The molecule has 0 radical (unpaired) electrons. The van der Waals surface area contributed by atoms with Crippen LogP contribution >= 0.6 is 11.3 Å². The number of methoxy groups -OCH3 is 2. The molecule has 3 heterocycles. The molecule has 0 aliphatic carbocycles. The molecular formula is C22H19N3O6S. The van der Waals surface area contributed by atoms with Crippen LogP contribution in [0, 0.1) is 6.92 Å². The summed E-state index contributed by atoms with van der Waals surface area (Å²) in [5.41, 5.74) is 1.97. The maximum absolute atomic E-state index is 12.9. The van der Waals surface area contributed by atoms with Crippen molar-refractivity contribution in [2.45, 2.75) is 6.92 Å². The van der Waals surface area contributed by atoms with Gasteiger partial charge in [0.2, 0.25) is 0 Å². The summed E-state index contributed by atoms with van der Waals surface area (Å²) in [7, 11) is 3.02. The van der Waals surface area contributed by atoms with Crippen LogP contribution in [-0.4, -0.2) is 42.8 Å². The number of aryl methyl sites for hydroxylation is 1. The highest BCUT2D eigenvalue weighted by Gasteiger charge is 2.21. The van der Waals surface area contributed by atoms with Gasteiger partial charge in [0, 0.05) is 23.9 Å². The number of carbonyl (C=O) groups is 2. The minimum absolute atomic E-state index is 0.230. The Kier molecular flexibility index (Phi) is 6.04. The van der Waals surface area contributed by atoms with Crippen LogP contribution in [-0.2, 0) is 9.53 Å². The summed E-state index contributed by atoms with van der Waals surface area (Å²) in [6.45, 7) is 1.22. The quantitative estimate of drug-likeness (QED) is 0.417. The zero-order chi connectivity index (χ0) is 22.7. The fourth-order valence-corrected chi connectivity index (χ4v) is 3.78. The average Bonchev–Trinajstić information content (AvgIpc) is 3.47. The lowest BCUT2D eigenvalue weighted by Gasteiger charge is -2.10. The molecule has 0 aliphatic rings. The lowest BCUT2D eigenvalue weighted by Crippen LogP contribution is -2.21. The summed E-state index contributed by atoms with van der Waals surface area (Å²) >= 11 is 1.48. The largest absolute Gasteiger partial charge is 0.497 e. The molecule has 0 bridgehead atoms. The number of carbonyl (C=O) groups excluding carboxylic acids is 2. The van der Waals surface area contributed by atoms with Crippen molar-refractivity contribution >= 4 is 40.0 Å². The van der Waals surface area contributed by atoms with Crippen LogP contribution < -0.4 is 14.8 Å². The minimum atomic E-state index is -0.681. The van der Waals surface area contributed by atoms with Crippen molar-refractivity contribution in [3.8, 4) is 22.1 Å². The van der Waals surface area contributed by atoms with E-state index >= 15 is 0 Å². The maximum atomic E-state index is 12.9. The number of pyridine rings is 1. The summed E-state index contributed by atoms with van der Waals surface area (Å²) in [5.74, 6) is -0.168.